The second-order valence-corrected chi connectivity index (χ2v) is 5.55. The van der Waals surface area contributed by atoms with Gasteiger partial charge in [-0.2, -0.15) is 0 Å². The summed E-state index contributed by atoms with van der Waals surface area (Å²) < 4.78 is 14.1. The van der Waals surface area contributed by atoms with Crippen molar-refractivity contribution in [2.75, 3.05) is 0 Å². The average Bonchev–Trinajstić information content (AvgIpc) is 2.81. The van der Waals surface area contributed by atoms with Gasteiger partial charge >= 0.3 is 0 Å². The molecule has 0 unspecified atom stereocenters. The van der Waals surface area contributed by atoms with E-state index in [1.807, 2.05) is 12.1 Å². The first kappa shape index (κ1) is 11.8. The van der Waals surface area contributed by atoms with Gasteiger partial charge in [0.25, 0.3) is 0 Å². The van der Waals surface area contributed by atoms with Crippen LogP contribution in [-0.4, -0.2) is 4.98 Å². The van der Waals surface area contributed by atoms with E-state index in [0.717, 1.165) is 26.1 Å². The number of rotatable bonds is 2. The number of aromatic nitrogens is 1. The van der Waals surface area contributed by atoms with Crippen LogP contribution in [0.5, 0.6) is 0 Å². The van der Waals surface area contributed by atoms with Crippen LogP contribution in [0.3, 0.4) is 0 Å². The van der Waals surface area contributed by atoms with E-state index in [4.69, 9.17) is 0 Å². The standard InChI is InChI=1S/C14H9BrFNS/c15-8-9-1-3-10(4-2-9)14-17-12-7-11(16)5-6-13(12)18-14/h1-7H,8H2. The van der Waals surface area contributed by atoms with Crippen LogP contribution in [0.4, 0.5) is 4.39 Å². The van der Waals surface area contributed by atoms with E-state index in [-0.39, 0.29) is 5.82 Å². The zero-order valence-electron chi connectivity index (χ0n) is 9.36. The molecular formula is C14H9BrFNS. The summed E-state index contributed by atoms with van der Waals surface area (Å²) in [7, 11) is 0. The summed E-state index contributed by atoms with van der Waals surface area (Å²) in [5.74, 6) is -0.242. The lowest BCUT2D eigenvalue weighted by Gasteiger charge is -1.97. The fourth-order valence-corrected chi connectivity index (χ4v) is 3.09. The second-order valence-electron chi connectivity index (χ2n) is 3.96. The first-order valence-corrected chi connectivity index (χ1v) is 7.41. The molecule has 1 nitrogen and oxygen atoms in total. The molecule has 0 spiro atoms. The third-order valence-electron chi connectivity index (χ3n) is 2.70. The number of nitrogens with zero attached hydrogens (tertiary/aromatic N) is 1. The summed E-state index contributed by atoms with van der Waals surface area (Å²) >= 11 is 5.00. The molecule has 90 valence electrons. The highest BCUT2D eigenvalue weighted by molar-refractivity contribution is 9.08. The highest BCUT2D eigenvalue weighted by atomic mass is 79.9. The molecule has 1 aromatic heterocycles. The molecule has 3 aromatic rings. The van der Waals surface area contributed by atoms with Crippen LogP contribution in [0.15, 0.2) is 42.5 Å². The van der Waals surface area contributed by atoms with Gasteiger partial charge in [-0.1, -0.05) is 40.2 Å². The Morgan fingerprint density at radius 2 is 1.89 bits per heavy atom. The molecule has 0 bridgehead atoms. The Bertz CT molecular complexity index is 691. The summed E-state index contributed by atoms with van der Waals surface area (Å²) in [6.07, 6.45) is 0. The summed E-state index contributed by atoms with van der Waals surface area (Å²) in [5, 5.41) is 1.77. The Kier molecular flexibility index (Phi) is 3.14. The molecule has 0 amide bonds. The van der Waals surface area contributed by atoms with Crippen molar-refractivity contribution in [3.63, 3.8) is 0 Å². The van der Waals surface area contributed by atoms with Gasteiger partial charge in [-0.3, -0.25) is 0 Å². The van der Waals surface area contributed by atoms with Crippen LogP contribution in [0.2, 0.25) is 0 Å². The van der Waals surface area contributed by atoms with Crippen molar-refractivity contribution in [3.05, 3.63) is 53.8 Å². The Balaban J connectivity index is 2.07. The fourth-order valence-electron chi connectivity index (χ4n) is 1.76. The number of fused-ring (bicyclic) bond motifs is 1. The zero-order chi connectivity index (χ0) is 12.5. The third kappa shape index (κ3) is 2.18. The lowest BCUT2D eigenvalue weighted by molar-refractivity contribution is 0.629. The number of benzene rings is 2. The smallest absolute Gasteiger partial charge is 0.125 e. The highest BCUT2D eigenvalue weighted by Gasteiger charge is 2.06. The third-order valence-corrected chi connectivity index (χ3v) is 4.44. The van der Waals surface area contributed by atoms with E-state index in [1.165, 1.54) is 17.7 Å². The van der Waals surface area contributed by atoms with Crippen molar-refractivity contribution in [3.8, 4) is 10.6 Å². The van der Waals surface area contributed by atoms with Crippen molar-refractivity contribution < 1.29 is 4.39 Å². The van der Waals surface area contributed by atoms with Crippen molar-refractivity contribution in [1.82, 2.24) is 4.98 Å². The normalized spacial score (nSPS) is 11.0. The molecule has 0 fully saturated rings. The van der Waals surface area contributed by atoms with E-state index in [9.17, 15) is 4.39 Å². The zero-order valence-corrected chi connectivity index (χ0v) is 11.8. The van der Waals surface area contributed by atoms with Crippen molar-refractivity contribution in [2.24, 2.45) is 0 Å². The number of alkyl halides is 1. The molecule has 0 aliphatic carbocycles. The Morgan fingerprint density at radius 1 is 1.11 bits per heavy atom. The highest BCUT2D eigenvalue weighted by Crippen LogP contribution is 2.30. The molecule has 2 aromatic carbocycles. The maximum Gasteiger partial charge on any atom is 0.125 e. The number of hydrogen-bond acceptors (Lipinski definition) is 2. The minimum Gasteiger partial charge on any atom is -0.236 e. The molecule has 0 aliphatic heterocycles. The van der Waals surface area contributed by atoms with Crippen molar-refractivity contribution >= 4 is 37.5 Å². The number of hydrogen-bond donors (Lipinski definition) is 0. The van der Waals surface area contributed by atoms with Gasteiger partial charge in [-0.15, -0.1) is 11.3 Å². The molecular weight excluding hydrogens is 313 g/mol. The summed E-state index contributed by atoms with van der Waals surface area (Å²) in [6.45, 7) is 0. The Hall–Kier alpha value is -1.26. The molecule has 0 radical (unpaired) electrons. The quantitative estimate of drug-likeness (QED) is 0.605. The topological polar surface area (TPSA) is 12.9 Å². The lowest BCUT2D eigenvalue weighted by atomic mass is 10.2. The van der Waals surface area contributed by atoms with Crippen LogP contribution < -0.4 is 0 Å². The summed E-state index contributed by atoms with van der Waals surface area (Å²) in [6, 6.07) is 12.9. The largest absolute Gasteiger partial charge is 0.236 e. The monoisotopic (exact) mass is 321 g/mol. The van der Waals surface area contributed by atoms with Gasteiger partial charge in [-0.05, 0) is 17.7 Å². The van der Waals surface area contributed by atoms with Gasteiger partial charge in [0.2, 0.25) is 0 Å². The Morgan fingerprint density at radius 3 is 2.61 bits per heavy atom. The first-order valence-electron chi connectivity index (χ1n) is 5.47. The van der Waals surface area contributed by atoms with Gasteiger partial charge in [-0.25, -0.2) is 9.37 Å². The van der Waals surface area contributed by atoms with Crippen LogP contribution in [0.1, 0.15) is 5.56 Å². The number of thiazole rings is 1. The predicted octanol–water partition coefficient (Wildman–Crippen LogP) is 5.00. The summed E-state index contributed by atoms with van der Waals surface area (Å²) in [5.41, 5.74) is 3.02. The van der Waals surface area contributed by atoms with E-state index >= 15 is 0 Å². The lowest BCUT2D eigenvalue weighted by Crippen LogP contribution is -1.79. The van der Waals surface area contributed by atoms with Gasteiger partial charge in [0, 0.05) is 17.0 Å². The van der Waals surface area contributed by atoms with E-state index in [1.54, 1.807) is 17.4 Å². The molecule has 3 rings (SSSR count). The molecule has 0 saturated heterocycles. The number of halogens is 2. The molecule has 0 aliphatic rings. The molecule has 0 N–H and O–H groups in total. The van der Waals surface area contributed by atoms with Crippen LogP contribution >= 0.6 is 27.3 Å². The van der Waals surface area contributed by atoms with Crippen LogP contribution in [-0.2, 0) is 5.33 Å². The molecule has 18 heavy (non-hydrogen) atoms. The molecule has 0 atom stereocenters. The predicted molar refractivity (Wildman–Crippen MR) is 77.6 cm³/mol. The molecule has 1 heterocycles. The Labute approximate surface area is 116 Å². The van der Waals surface area contributed by atoms with Crippen LogP contribution in [0.25, 0.3) is 20.8 Å². The van der Waals surface area contributed by atoms with Gasteiger partial charge < -0.3 is 0 Å². The SMILES string of the molecule is Fc1ccc2sc(-c3ccc(CBr)cc3)nc2c1. The minimum atomic E-state index is -0.242. The van der Waals surface area contributed by atoms with E-state index in [2.05, 4.69) is 33.0 Å². The second kappa shape index (κ2) is 4.78. The fraction of sp³-hybridized carbons (Fsp3) is 0.0714. The van der Waals surface area contributed by atoms with Crippen molar-refractivity contribution in [2.45, 2.75) is 5.33 Å². The van der Waals surface area contributed by atoms with E-state index in [0.29, 0.717) is 0 Å². The molecule has 0 saturated carbocycles. The summed E-state index contributed by atoms with van der Waals surface area (Å²) in [4.78, 5) is 4.47. The average molecular weight is 322 g/mol. The van der Waals surface area contributed by atoms with Gasteiger partial charge in [0.05, 0.1) is 10.2 Å². The van der Waals surface area contributed by atoms with Crippen molar-refractivity contribution in [1.29, 1.82) is 0 Å². The van der Waals surface area contributed by atoms with E-state index < -0.39 is 0 Å². The van der Waals surface area contributed by atoms with Gasteiger partial charge in [0.1, 0.15) is 10.8 Å². The minimum absolute atomic E-state index is 0.242. The van der Waals surface area contributed by atoms with Crippen LogP contribution in [0, 0.1) is 5.82 Å². The molecule has 4 heteroatoms. The maximum atomic E-state index is 13.1. The first-order chi connectivity index (χ1) is 8.76. The maximum absolute atomic E-state index is 13.1. The van der Waals surface area contributed by atoms with Gasteiger partial charge in [0.15, 0.2) is 0 Å².